The number of aryl methyl sites for hydroxylation is 1. The standard InChI is InChI=1S/C27H22O6/c1-17-4-14-23-22(16-17)25(29)27(26(32-23)19-8-12-21(31-3)13-9-19)33-24(28)15-7-18-5-10-20(30-2)11-6-18/h4-16H,1-3H3/b15-7+. The first kappa shape index (κ1) is 21.9. The molecule has 3 aromatic carbocycles. The largest absolute Gasteiger partial charge is 0.497 e. The maximum Gasteiger partial charge on any atom is 0.336 e. The fourth-order valence-corrected chi connectivity index (χ4v) is 3.33. The molecule has 0 atom stereocenters. The van der Waals surface area contributed by atoms with Gasteiger partial charge in [0.25, 0.3) is 0 Å². The zero-order valence-electron chi connectivity index (χ0n) is 18.5. The SMILES string of the molecule is COc1ccc(/C=C/C(=O)Oc2c(-c3ccc(OC)cc3)oc3ccc(C)cc3c2=O)cc1. The summed E-state index contributed by atoms with van der Waals surface area (Å²) in [6.45, 7) is 1.87. The molecule has 0 aliphatic rings. The van der Waals surface area contributed by atoms with Crippen molar-refractivity contribution < 1.29 is 23.4 Å². The summed E-state index contributed by atoms with van der Waals surface area (Å²) in [5.74, 6) is 0.675. The first-order chi connectivity index (χ1) is 16.0. The lowest BCUT2D eigenvalue weighted by atomic mass is 10.1. The first-order valence-electron chi connectivity index (χ1n) is 10.2. The molecule has 4 aromatic rings. The molecule has 0 aliphatic heterocycles. The van der Waals surface area contributed by atoms with Gasteiger partial charge in [-0.15, -0.1) is 0 Å². The van der Waals surface area contributed by atoms with Crippen molar-refractivity contribution in [3.05, 3.63) is 94.2 Å². The molecule has 166 valence electrons. The number of carbonyl (C=O) groups excluding carboxylic acids is 1. The number of methoxy groups -OCH3 is 2. The molecule has 0 saturated carbocycles. The second kappa shape index (κ2) is 9.44. The summed E-state index contributed by atoms with van der Waals surface area (Å²) < 4.78 is 21.9. The van der Waals surface area contributed by atoms with Gasteiger partial charge in [0.15, 0.2) is 5.76 Å². The summed E-state index contributed by atoms with van der Waals surface area (Å²) in [7, 11) is 3.15. The smallest absolute Gasteiger partial charge is 0.336 e. The van der Waals surface area contributed by atoms with Crippen LogP contribution in [-0.4, -0.2) is 20.2 Å². The van der Waals surface area contributed by atoms with Crippen LogP contribution in [0.15, 0.2) is 82.0 Å². The van der Waals surface area contributed by atoms with Gasteiger partial charge in [-0.1, -0.05) is 23.8 Å². The van der Waals surface area contributed by atoms with Crippen LogP contribution in [0, 0.1) is 6.92 Å². The summed E-state index contributed by atoms with van der Waals surface area (Å²) >= 11 is 0. The van der Waals surface area contributed by atoms with Gasteiger partial charge < -0.3 is 18.6 Å². The zero-order valence-corrected chi connectivity index (χ0v) is 18.5. The molecule has 0 bridgehead atoms. The van der Waals surface area contributed by atoms with E-state index in [4.69, 9.17) is 18.6 Å². The molecular formula is C27H22O6. The Bertz CT molecular complexity index is 1380. The van der Waals surface area contributed by atoms with Crippen molar-refractivity contribution in [2.45, 2.75) is 6.92 Å². The maximum atomic E-state index is 13.3. The highest BCUT2D eigenvalue weighted by molar-refractivity contribution is 5.91. The van der Waals surface area contributed by atoms with Crippen LogP contribution >= 0.6 is 0 Å². The van der Waals surface area contributed by atoms with Crippen LogP contribution in [0.3, 0.4) is 0 Å². The molecule has 1 heterocycles. The summed E-state index contributed by atoms with van der Waals surface area (Å²) in [4.78, 5) is 25.9. The fraction of sp³-hybridized carbons (Fsp3) is 0.111. The van der Waals surface area contributed by atoms with Gasteiger partial charge in [-0.2, -0.15) is 0 Å². The normalized spacial score (nSPS) is 11.0. The Morgan fingerprint density at radius 2 is 1.52 bits per heavy atom. The van der Waals surface area contributed by atoms with E-state index >= 15 is 0 Å². The first-order valence-corrected chi connectivity index (χ1v) is 10.2. The van der Waals surface area contributed by atoms with Crippen molar-refractivity contribution in [1.82, 2.24) is 0 Å². The average Bonchev–Trinajstić information content (AvgIpc) is 2.85. The highest BCUT2D eigenvalue weighted by Gasteiger charge is 2.20. The zero-order chi connectivity index (χ0) is 23.4. The summed E-state index contributed by atoms with van der Waals surface area (Å²) in [5.41, 5.74) is 2.24. The van der Waals surface area contributed by atoms with Gasteiger partial charge in [-0.25, -0.2) is 4.79 Å². The Labute approximate surface area is 190 Å². The van der Waals surface area contributed by atoms with E-state index in [9.17, 15) is 9.59 Å². The maximum absolute atomic E-state index is 13.3. The van der Waals surface area contributed by atoms with E-state index in [0.717, 1.165) is 11.1 Å². The van der Waals surface area contributed by atoms with E-state index < -0.39 is 11.4 Å². The summed E-state index contributed by atoms with van der Waals surface area (Å²) in [6, 6.07) is 19.4. The van der Waals surface area contributed by atoms with Crippen LogP contribution < -0.4 is 19.6 Å². The molecule has 0 fully saturated rings. The van der Waals surface area contributed by atoms with E-state index in [1.807, 2.05) is 13.0 Å². The Morgan fingerprint density at radius 3 is 2.15 bits per heavy atom. The van der Waals surface area contributed by atoms with Crippen molar-refractivity contribution in [1.29, 1.82) is 0 Å². The van der Waals surface area contributed by atoms with E-state index in [-0.39, 0.29) is 11.5 Å². The number of esters is 1. The molecule has 0 radical (unpaired) electrons. The van der Waals surface area contributed by atoms with Gasteiger partial charge in [0.05, 0.1) is 19.6 Å². The highest BCUT2D eigenvalue weighted by Crippen LogP contribution is 2.32. The van der Waals surface area contributed by atoms with Gasteiger partial charge >= 0.3 is 5.97 Å². The Balaban J connectivity index is 1.73. The van der Waals surface area contributed by atoms with Gasteiger partial charge in [-0.05, 0) is 67.1 Å². The highest BCUT2D eigenvalue weighted by atomic mass is 16.5. The minimum atomic E-state index is -0.695. The third kappa shape index (κ3) is 4.80. The molecule has 0 amide bonds. The summed E-state index contributed by atoms with van der Waals surface area (Å²) in [5, 5.41) is 0.342. The predicted octanol–water partition coefficient (Wildman–Crippen LogP) is 5.40. The van der Waals surface area contributed by atoms with E-state index in [1.54, 1.807) is 81.0 Å². The van der Waals surface area contributed by atoms with Crippen LogP contribution in [0.25, 0.3) is 28.4 Å². The number of carbonyl (C=O) groups is 1. The minimum Gasteiger partial charge on any atom is -0.497 e. The molecule has 0 spiro atoms. The average molecular weight is 442 g/mol. The Hall–Kier alpha value is -4.32. The van der Waals surface area contributed by atoms with Gasteiger partial charge in [0, 0.05) is 11.6 Å². The van der Waals surface area contributed by atoms with Crippen LogP contribution in [0.4, 0.5) is 0 Å². The lowest BCUT2D eigenvalue weighted by Gasteiger charge is -2.10. The molecule has 1 aromatic heterocycles. The van der Waals surface area contributed by atoms with Crippen molar-refractivity contribution in [3.8, 4) is 28.6 Å². The lowest BCUT2D eigenvalue weighted by Crippen LogP contribution is -2.14. The predicted molar refractivity (Wildman–Crippen MR) is 127 cm³/mol. The molecule has 0 unspecified atom stereocenters. The third-order valence-electron chi connectivity index (χ3n) is 5.09. The molecule has 6 heteroatoms. The van der Waals surface area contributed by atoms with Crippen molar-refractivity contribution >= 4 is 23.0 Å². The number of ether oxygens (including phenoxy) is 3. The second-order valence-electron chi connectivity index (χ2n) is 7.35. The molecule has 6 nitrogen and oxygen atoms in total. The third-order valence-corrected chi connectivity index (χ3v) is 5.09. The number of hydrogen-bond acceptors (Lipinski definition) is 6. The fourth-order valence-electron chi connectivity index (χ4n) is 3.33. The molecular weight excluding hydrogens is 420 g/mol. The topological polar surface area (TPSA) is 75.0 Å². The number of fused-ring (bicyclic) bond motifs is 1. The second-order valence-corrected chi connectivity index (χ2v) is 7.35. The van der Waals surface area contributed by atoms with Gasteiger partial charge in [-0.3, -0.25) is 4.79 Å². The number of rotatable bonds is 6. The molecule has 0 saturated heterocycles. The van der Waals surface area contributed by atoms with Crippen molar-refractivity contribution in [2.24, 2.45) is 0 Å². The Kier molecular flexibility index (Phi) is 6.26. The van der Waals surface area contributed by atoms with E-state index in [0.29, 0.717) is 28.0 Å². The van der Waals surface area contributed by atoms with Crippen LogP contribution in [0.5, 0.6) is 17.2 Å². The van der Waals surface area contributed by atoms with Crippen LogP contribution in [-0.2, 0) is 4.79 Å². The van der Waals surface area contributed by atoms with Gasteiger partial charge in [0.1, 0.15) is 17.1 Å². The van der Waals surface area contributed by atoms with Crippen molar-refractivity contribution in [2.75, 3.05) is 14.2 Å². The quantitative estimate of drug-likeness (QED) is 0.294. The molecule has 0 aliphatic carbocycles. The Morgan fingerprint density at radius 1 is 0.879 bits per heavy atom. The number of hydrogen-bond donors (Lipinski definition) is 0. The molecule has 4 rings (SSSR count). The minimum absolute atomic E-state index is 0.164. The molecule has 33 heavy (non-hydrogen) atoms. The van der Waals surface area contributed by atoms with E-state index in [2.05, 4.69) is 0 Å². The van der Waals surface area contributed by atoms with Gasteiger partial charge in [0.2, 0.25) is 11.2 Å². The monoisotopic (exact) mass is 442 g/mol. The number of benzene rings is 3. The summed E-state index contributed by atoms with van der Waals surface area (Å²) in [6.07, 6.45) is 2.86. The molecule has 0 N–H and O–H groups in total. The van der Waals surface area contributed by atoms with Crippen LogP contribution in [0.2, 0.25) is 0 Å². The van der Waals surface area contributed by atoms with E-state index in [1.165, 1.54) is 6.08 Å². The lowest BCUT2D eigenvalue weighted by molar-refractivity contribution is -0.129. The van der Waals surface area contributed by atoms with Crippen molar-refractivity contribution in [3.63, 3.8) is 0 Å². The van der Waals surface area contributed by atoms with Crippen LogP contribution in [0.1, 0.15) is 11.1 Å².